The molecule has 1 heterocycles. The van der Waals surface area contributed by atoms with Gasteiger partial charge in [-0.15, -0.1) is 0 Å². The third-order valence-corrected chi connectivity index (χ3v) is 5.18. The Morgan fingerprint density at radius 1 is 1.17 bits per heavy atom. The van der Waals surface area contributed by atoms with E-state index in [1.165, 1.54) is 0 Å². The monoisotopic (exact) mass is 414 g/mol. The fourth-order valence-corrected chi connectivity index (χ4v) is 3.49. The van der Waals surface area contributed by atoms with E-state index in [4.69, 9.17) is 4.74 Å². The van der Waals surface area contributed by atoms with Crippen LogP contribution in [0.4, 0.5) is 10.1 Å². The van der Waals surface area contributed by atoms with Crippen LogP contribution in [0.1, 0.15) is 30.9 Å². The molecule has 2 aromatic rings. The summed E-state index contributed by atoms with van der Waals surface area (Å²) in [5.74, 6) is 1.25. The molecule has 3 N–H and O–H groups in total. The minimum absolute atomic E-state index is 0.232. The van der Waals surface area contributed by atoms with Gasteiger partial charge >= 0.3 is 0 Å². The molecule has 0 spiro atoms. The van der Waals surface area contributed by atoms with Crippen LogP contribution in [0.15, 0.2) is 47.5 Å². The number of aliphatic hydroxyl groups is 1. The summed E-state index contributed by atoms with van der Waals surface area (Å²) < 4.78 is 19.9. The number of hydrogen-bond acceptors (Lipinski definition) is 4. The molecule has 0 saturated carbocycles. The number of piperidine rings is 1. The van der Waals surface area contributed by atoms with Crippen molar-refractivity contribution in [1.29, 1.82) is 0 Å². The van der Waals surface area contributed by atoms with Crippen molar-refractivity contribution in [2.75, 3.05) is 31.6 Å². The lowest BCUT2D eigenvalue weighted by atomic mass is 10.1. The highest BCUT2D eigenvalue weighted by atomic mass is 19.1. The molecule has 7 heteroatoms. The van der Waals surface area contributed by atoms with Crippen molar-refractivity contribution < 1.29 is 14.2 Å². The Hall–Kier alpha value is -2.80. The van der Waals surface area contributed by atoms with E-state index in [9.17, 15) is 9.50 Å². The third kappa shape index (κ3) is 6.10. The van der Waals surface area contributed by atoms with Gasteiger partial charge < -0.3 is 25.4 Å². The predicted octanol–water partition coefficient (Wildman–Crippen LogP) is 3.05. The Morgan fingerprint density at radius 3 is 2.67 bits per heavy atom. The number of aliphatic hydroxyl groups excluding tert-OH is 1. The van der Waals surface area contributed by atoms with Gasteiger partial charge in [-0.1, -0.05) is 18.2 Å². The summed E-state index contributed by atoms with van der Waals surface area (Å²) in [5.41, 5.74) is 2.50. The summed E-state index contributed by atoms with van der Waals surface area (Å²) in [7, 11) is 1.65. The highest BCUT2D eigenvalue weighted by molar-refractivity contribution is 5.79. The zero-order valence-electron chi connectivity index (χ0n) is 17.7. The summed E-state index contributed by atoms with van der Waals surface area (Å²) in [4.78, 5) is 6.61. The molecule has 1 aliphatic heterocycles. The minimum Gasteiger partial charge on any atom is -0.497 e. The van der Waals surface area contributed by atoms with Gasteiger partial charge in [0.2, 0.25) is 0 Å². The standard InChI is InChI=1S/C23H31FN4O2/c1-3-25-23(26-15-17-5-4-6-20(13-17)30-2)27-16-18-7-8-22(21(24)14-18)28-11-9-19(29)10-12-28/h4-8,13-14,19,29H,3,9-12,15-16H2,1-2H3,(H2,25,26,27). The van der Waals surface area contributed by atoms with Gasteiger partial charge in [0.1, 0.15) is 11.6 Å². The molecule has 0 aliphatic carbocycles. The van der Waals surface area contributed by atoms with Gasteiger partial charge in [0, 0.05) is 26.2 Å². The first kappa shape index (κ1) is 21.9. The van der Waals surface area contributed by atoms with Crippen molar-refractivity contribution in [3.63, 3.8) is 0 Å². The molecule has 2 aromatic carbocycles. The van der Waals surface area contributed by atoms with Gasteiger partial charge in [-0.05, 0) is 55.2 Å². The van der Waals surface area contributed by atoms with Crippen molar-refractivity contribution in [2.45, 2.75) is 39.0 Å². The molecular formula is C23H31FN4O2. The SMILES string of the molecule is CCNC(=NCc1cccc(OC)c1)NCc1ccc(N2CCC(O)CC2)c(F)c1. The number of benzene rings is 2. The quantitative estimate of drug-likeness (QED) is 0.480. The number of halogens is 1. The topological polar surface area (TPSA) is 69.1 Å². The zero-order valence-corrected chi connectivity index (χ0v) is 17.7. The number of aliphatic imine (C=N–C) groups is 1. The Kier molecular flexibility index (Phi) is 7.90. The minimum atomic E-state index is -0.270. The Bertz CT molecular complexity index is 851. The molecule has 0 atom stereocenters. The van der Waals surface area contributed by atoms with E-state index in [-0.39, 0.29) is 11.9 Å². The molecule has 0 unspecified atom stereocenters. The number of guanidine groups is 1. The van der Waals surface area contributed by atoms with Gasteiger partial charge in [0.15, 0.2) is 5.96 Å². The molecule has 1 aliphatic rings. The summed E-state index contributed by atoms with van der Waals surface area (Å²) >= 11 is 0. The van der Waals surface area contributed by atoms with E-state index in [0.717, 1.165) is 23.4 Å². The fourth-order valence-electron chi connectivity index (χ4n) is 3.49. The van der Waals surface area contributed by atoms with Crippen molar-refractivity contribution in [3.8, 4) is 5.75 Å². The molecule has 3 rings (SSSR count). The summed E-state index contributed by atoms with van der Waals surface area (Å²) in [5, 5.41) is 16.1. The Labute approximate surface area is 177 Å². The fraction of sp³-hybridized carbons (Fsp3) is 0.435. The first-order valence-electron chi connectivity index (χ1n) is 10.5. The molecule has 6 nitrogen and oxygen atoms in total. The lowest BCUT2D eigenvalue weighted by molar-refractivity contribution is 0.145. The molecule has 30 heavy (non-hydrogen) atoms. The number of methoxy groups -OCH3 is 1. The maximum Gasteiger partial charge on any atom is 0.191 e. The molecule has 1 fully saturated rings. The summed E-state index contributed by atoms with van der Waals surface area (Å²) in [6, 6.07) is 13.1. The average Bonchev–Trinajstić information content (AvgIpc) is 2.76. The smallest absolute Gasteiger partial charge is 0.191 e. The van der Waals surface area contributed by atoms with E-state index < -0.39 is 0 Å². The largest absolute Gasteiger partial charge is 0.497 e. The van der Waals surface area contributed by atoms with E-state index >= 15 is 0 Å². The van der Waals surface area contributed by atoms with Gasteiger partial charge in [-0.2, -0.15) is 0 Å². The van der Waals surface area contributed by atoms with Crippen LogP contribution in [0.2, 0.25) is 0 Å². The highest BCUT2D eigenvalue weighted by Crippen LogP contribution is 2.24. The van der Waals surface area contributed by atoms with Crippen LogP contribution in [0.5, 0.6) is 5.75 Å². The second-order valence-electron chi connectivity index (χ2n) is 7.40. The van der Waals surface area contributed by atoms with Crippen LogP contribution in [-0.4, -0.2) is 43.9 Å². The Balaban J connectivity index is 1.60. The number of rotatable bonds is 7. The van der Waals surface area contributed by atoms with Crippen LogP contribution in [0.3, 0.4) is 0 Å². The number of nitrogens with one attached hydrogen (secondary N) is 2. The summed E-state index contributed by atoms with van der Waals surface area (Å²) in [6.45, 7) is 5.08. The Morgan fingerprint density at radius 2 is 1.97 bits per heavy atom. The summed E-state index contributed by atoms with van der Waals surface area (Å²) in [6.07, 6.45) is 1.09. The van der Waals surface area contributed by atoms with E-state index in [1.54, 1.807) is 13.2 Å². The van der Waals surface area contributed by atoms with Gasteiger partial charge in [-0.25, -0.2) is 9.38 Å². The molecule has 0 bridgehead atoms. The molecule has 0 aromatic heterocycles. The van der Waals surface area contributed by atoms with E-state index in [2.05, 4.69) is 15.6 Å². The highest BCUT2D eigenvalue weighted by Gasteiger charge is 2.19. The number of hydrogen-bond donors (Lipinski definition) is 3. The normalized spacial score (nSPS) is 15.2. The van der Waals surface area contributed by atoms with Crippen molar-refractivity contribution in [3.05, 3.63) is 59.4 Å². The van der Waals surface area contributed by atoms with Crippen molar-refractivity contribution in [1.82, 2.24) is 10.6 Å². The molecule has 0 radical (unpaired) electrons. The second-order valence-corrected chi connectivity index (χ2v) is 7.40. The van der Waals surface area contributed by atoms with Crippen LogP contribution < -0.4 is 20.3 Å². The zero-order chi connectivity index (χ0) is 21.3. The lowest BCUT2D eigenvalue weighted by Gasteiger charge is -2.31. The number of anilines is 1. The van der Waals surface area contributed by atoms with Crippen LogP contribution in [0.25, 0.3) is 0 Å². The lowest BCUT2D eigenvalue weighted by Crippen LogP contribution is -2.37. The first-order valence-corrected chi connectivity index (χ1v) is 10.5. The average molecular weight is 415 g/mol. The van der Waals surface area contributed by atoms with Crippen molar-refractivity contribution >= 4 is 11.6 Å². The predicted molar refractivity (Wildman–Crippen MR) is 119 cm³/mol. The van der Waals surface area contributed by atoms with Crippen LogP contribution in [-0.2, 0) is 13.1 Å². The third-order valence-electron chi connectivity index (χ3n) is 5.18. The van der Waals surface area contributed by atoms with Crippen LogP contribution >= 0.6 is 0 Å². The molecule has 0 amide bonds. The van der Waals surface area contributed by atoms with E-state index in [0.29, 0.717) is 50.7 Å². The molecule has 162 valence electrons. The van der Waals surface area contributed by atoms with Gasteiger partial charge in [0.05, 0.1) is 25.4 Å². The van der Waals surface area contributed by atoms with Crippen molar-refractivity contribution in [2.24, 2.45) is 4.99 Å². The maximum atomic E-state index is 14.7. The number of nitrogens with zero attached hydrogens (tertiary/aromatic N) is 2. The maximum absolute atomic E-state index is 14.7. The van der Waals surface area contributed by atoms with Crippen LogP contribution in [0, 0.1) is 5.82 Å². The number of ether oxygens (including phenoxy) is 1. The second kappa shape index (κ2) is 10.8. The molecular weight excluding hydrogens is 383 g/mol. The van der Waals surface area contributed by atoms with E-state index in [1.807, 2.05) is 48.2 Å². The molecule has 1 saturated heterocycles. The van der Waals surface area contributed by atoms with Gasteiger partial charge in [0.25, 0.3) is 0 Å². The first-order chi connectivity index (χ1) is 14.6. The van der Waals surface area contributed by atoms with Gasteiger partial charge in [-0.3, -0.25) is 0 Å².